The molecule has 1 saturated heterocycles. The summed E-state index contributed by atoms with van der Waals surface area (Å²) in [6.45, 7) is 0.233. The van der Waals surface area contributed by atoms with Crippen LogP contribution in [0.25, 0.3) is 0 Å². The van der Waals surface area contributed by atoms with E-state index in [0.29, 0.717) is 22.2 Å². The highest BCUT2D eigenvalue weighted by Crippen LogP contribution is 2.35. The molecule has 2 aromatic carbocycles. The van der Waals surface area contributed by atoms with Crippen LogP contribution in [0.4, 0.5) is 5.69 Å². The van der Waals surface area contributed by atoms with Crippen molar-refractivity contribution in [3.63, 3.8) is 0 Å². The number of carbonyl (C=O) groups is 2. The Morgan fingerprint density at radius 1 is 1.15 bits per heavy atom. The Balaban J connectivity index is 1.50. The minimum Gasteiger partial charge on any atom is -0.495 e. The zero-order chi connectivity index (χ0) is 24.2. The molecule has 0 N–H and O–H groups in total. The molecule has 2 aromatic rings. The number of anilines is 1. The molecule has 0 saturated carbocycles. The highest BCUT2D eigenvalue weighted by molar-refractivity contribution is 7.89. The molecule has 0 radical (unpaired) electrons. The van der Waals surface area contributed by atoms with Crippen molar-refractivity contribution in [3.05, 3.63) is 47.5 Å². The molecule has 178 valence electrons. The average molecular weight is 497 g/mol. The van der Waals surface area contributed by atoms with Gasteiger partial charge >= 0.3 is 5.97 Å². The first kappa shape index (κ1) is 24.8. The number of halogens is 1. The van der Waals surface area contributed by atoms with Crippen LogP contribution in [-0.2, 0) is 24.3 Å². The fraction of sp³-hybridized carbons (Fsp3) is 0.364. The van der Waals surface area contributed by atoms with Crippen molar-refractivity contribution >= 4 is 39.2 Å². The van der Waals surface area contributed by atoms with Gasteiger partial charge in [0.15, 0.2) is 0 Å². The number of benzene rings is 2. The minimum atomic E-state index is -3.51. The predicted octanol–water partition coefficient (Wildman–Crippen LogP) is 2.57. The lowest BCUT2D eigenvalue weighted by molar-refractivity contribution is -0.149. The number of nitrogens with zero attached hydrogens (tertiary/aromatic N) is 2. The first-order valence-corrected chi connectivity index (χ1v) is 11.9. The second-order valence-electron chi connectivity index (χ2n) is 7.50. The maximum Gasteiger partial charge on any atom is 0.311 e. The summed E-state index contributed by atoms with van der Waals surface area (Å²) in [6.07, 6.45) is 0.0250. The zero-order valence-electron chi connectivity index (χ0n) is 18.5. The Morgan fingerprint density at radius 3 is 2.48 bits per heavy atom. The van der Waals surface area contributed by atoms with E-state index in [4.69, 9.17) is 25.8 Å². The van der Waals surface area contributed by atoms with Gasteiger partial charge in [0.05, 0.1) is 23.6 Å². The lowest BCUT2D eigenvalue weighted by Gasteiger charge is -2.19. The number of rotatable bonds is 9. The first-order chi connectivity index (χ1) is 15.6. The number of amides is 1. The molecule has 33 heavy (non-hydrogen) atoms. The molecule has 3 rings (SSSR count). The molecule has 11 heteroatoms. The first-order valence-electron chi connectivity index (χ1n) is 10.1. The van der Waals surface area contributed by atoms with Crippen molar-refractivity contribution in [2.75, 3.05) is 45.9 Å². The van der Waals surface area contributed by atoms with E-state index < -0.39 is 21.9 Å². The van der Waals surface area contributed by atoms with E-state index in [2.05, 4.69) is 0 Å². The predicted molar refractivity (Wildman–Crippen MR) is 122 cm³/mol. The number of esters is 1. The summed E-state index contributed by atoms with van der Waals surface area (Å²) >= 11 is 6.05. The van der Waals surface area contributed by atoms with Crippen LogP contribution in [0.5, 0.6) is 11.5 Å². The lowest BCUT2D eigenvalue weighted by Crippen LogP contribution is -2.27. The maximum atomic E-state index is 12.5. The molecule has 1 amide bonds. The van der Waals surface area contributed by atoms with Crippen LogP contribution < -0.4 is 14.4 Å². The number of hydrogen-bond acceptors (Lipinski definition) is 7. The van der Waals surface area contributed by atoms with Crippen molar-refractivity contribution < 1.29 is 32.2 Å². The van der Waals surface area contributed by atoms with Crippen molar-refractivity contribution in [2.45, 2.75) is 11.3 Å². The van der Waals surface area contributed by atoms with Crippen molar-refractivity contribution in [2.24, 2.45) is 5.92 Å². The van der Waals surface area contributed by atoms with Crippen LogP contribution in [0.3, 0.4) is 0 Å². The second kappa shape index (κ2) is 10.4. The van der Waals surface area contributed by atoms with Gasteiger partial charge in [-0.05, 0) is 42.5 Å². The van der Waals surface area contributed by atoms with Gasteiger partial charge in [-0.25, -0.2) is 12.7 Å². The number of carbonyl (C=O) groups excluding carboxylic acids is 2. The van der Waals surface area contributed by atoms with Crippen molar-refractivity contribution in [1.29, 1.82) is 0 Å². The van der Waals surface area contributed by atoms with Gasteiger partial charge in [0.25, 0.3) is 0 Å². The fourth-order valence-corrected chi connectivity index (χ4v) is 4.38. The van der Waals surface area contributed by atoms with Gasteiger partial charge in [-0.2, -0.15) is 0 Å². The molecule has 9 nitrogen and oxygen atoms in total. The van der Waals surface area contributed by atoms with Crippen LogP contribution in [0.15, 0.2) is 47.4 Å². The third kappa shape index (κ3) is 5.76. The van der Waals surface area contributed by atoms with E-state index in [-0.39, 0.29) is 37.0 Å². The summed E-state index contributed by atoms with van der Waals surface area (Å²) in [6, 6.07) is 10.9. The van der Waals surface area contributed by atoms with Gasteiger partial charge in [0.1, 0.15) is 24.7 Å². The second-order valence-corrected chi connectivity index (χ2v) is 10.1. The largest absolute Gasteiger partial charge is 0.495 e. The molecule has 1 atom stereocenters. The molecular formula is C22H25ClN2O7S. The van der Waals surface area contributed by atoms with Crippen LogP contribution in [0.1, 0.15) is 6.42 Å². The Morgan fingerprint density at radius 2 is 1.85 bits per heavy atom. The highest BCUT2D eigenvalue weighted by Gasteiger charge is 2.37. The quantitative estimate of drug-likeness (QED) is 0.388. The zero-order valence-corrected chi connectivity index (χ0v) is 20.1. The van der Waals surface area contributed by atoms with Crippen molar-refractivity contribution in [1.82, 2.24) is 4.31 Å². The van der Waals surface area contributed by atoms with E-state index in [1.807, 2.05) is 0 Å². The molecule has 0 spiro atoms. The normalized spacial score (nSPS) is 16.2. The number of hydrogen-bond donors (Lipinski definition) is 0. The summed E-state index contributed by atoms with van der Waals surface area (Å²) < 4.78 is 41.4. The van der Waals surface area contributed by atoms with Gasteiger partial charge in [-0.1, -0.05) is 11.6 Å². The number of ether oxygens (including phenoxy) is 3. The van der Waals surface area contributed by atoms with E-state index in [1.165, 1.54) is 50.4 Å². The summed E-state index contributed by atoms with van der Waals surface area (Å²) in [5.41, 5.74) is 0.508. The highest BCUT2D eigenvalue weighted by atomic mass is 35.5. The Bertz CT molecular complexity index is 1120. The smallest absolute Gasteiger partial charge is 0.311 e. The summed E-state index contributed by atoms with van der Waals surface area (Å²) in [4.78, 5) is 26.5. The summed E-state index contributed by atoms with van der Waals surface area (Å²) in [7, 11) is 0.890. The average Bonchev–Trinajstić information content (AvgIpc) is 3.18. The summed E-state index contributed by atoms with van der Waals surface area (Å²) in [5.74, 6) is -0.403. The molecule has 1 fully saturated rings. The van der Waals surface area contributed by atoms with Gasteiger partial charge in [-0.3, -0.25) is 9.59 Å². The van der Waals surface area contributed by atoms with Gasteiger partial charge in [0.2, 0.25) is 15.9 Å². The molecule has 1 aliphatic rings. The third-order valence-corrected chi connectivity index (χ3v) is 7.15. The van der Waals surface area contributed by atoms with Crippen LogP contribution >= 0.6 is 11.6 Å². The Kier molecular flexibility index (Phi) is 7.83. The van der Waals surface area contributed by atoms with E-state index in [9.17, 15) is 18.0 Å². The number of sulfonamides is 1. The van der Waals surface area contributed by atoms with Crippen LogP contribution in [0, 0.1) is 5.92 Å². The topological polar surface area (TPSA) is 102 Å². The van der Waals surface area contributed by atoms with Gasteiger partial charge in [0, 0.05) is 32.1 Å². The molecule has 0 bridgehead atoms. The van der Waals surface area contributed by atoms with Crippen LogP contribution in [0.2, 0.25) is 5.02 Å². The Hall–Kier alpha value is -2.82. The number of methoxy groups -OCH3 is 1. The van der Waals surface area contributed by atoms with E-state index >= 15 is 0 Å². The molecular weight excluding hydrogens is 472 g/mol. The summed E-state index contributed by atoms with van der Waals surface area (Å²) in [5, 5.41) is 0.453. The van der Waals surface area contributed by atoms with E-state index in [0.717, 1.165) is 4.31 Å². The monoisotopic (exact) mass is 496 g/mol. The van der Waals surface area contributed by atoms with Gasteiger partial charge < -0.3 is 19.1 Å². The SMILES string of the molecule is COc1ccc(Cl)cc1N1C[C@H](C(=O)OCCOc2ccc(S(=O)(=O)N(C)C)cc2)CC1=O. The molecule has 0 unspecified atom stereocenters. The van der Waals surface area contributed by atoms with Crippen LogP contribution in [-0.4, -0.2) is 65.6 Å². The standard InChI is InChI=1S/C22H25ClN2O7S/c1-24(2)33(28,29)18-7-5-17(6-8-18)31-10-11-32-22(27)15-12-21(26)25(14-15)19-13-16(23)4-9-20(19)30-3/h4-9,13,15H,10-12,14H2,1-3H3/t15-/m1/s1. The lowest BCUT2D eigenvalue weighted by atomic mass is 10.1. The Labute approximate surface area is 197 Å². The van der Waals surface area contributed by atoms with Crippen molar-refractivity contribution in [3.8, 4) is 11.5 Å². The maximum absolute atomic E-state index is 12.5. The third-order valence-electron chi connectivity index (χ3n) is 5.09. The van der Waals surface area contributed by atoms with Gasteiger partial charge in [-0.15, -0.1) is 0 Å². The molecule has 0 aliphatic carbocycles. The molecule has 1 aliphatic heterocycles. The fourth-order valence-electron chi connectivity index (χ4n) is 3.31. The minimum absolute atomic E-state index is 0.0121. The molecule has 0 aromatic heterocycles. The van der Waals surface area contributed by atoms with E-state index in [1.54, 1.807) is 18.2 Å². The molecule has 1 heterocycles.